The fraction of sp³-hybridized carbons (Fsp3) is 0.174. The van der Waals surface area contributed by atoms with Crippen LogP contribution in [0.5, 0.6) is 0 Å². The van der Waals surface area contributed by atoms with Crippen LogP contribution >= 0.6 is 11.6 Å². The molecule has 0 saturated heterocycles. The predicted octanol–water partition coefficient (Wildman–Crippen LogP) is 5.32. The number of aryl methyl sites for hydroxylation is 1. The van der Waals surface area contributed by atoms with Gasteiger partial charge in [-0.25, -0.2) is 21.6 Å². The molecular formula is C23H17ClF3NO3S. The summed E-state index contributed by atoms with van der Waals surface area (Å²) in [5, 5.41) is -0.589. The zero-order valence-electron chi connectivity index (χ0n) is 16.6. The van der Waals surface area contributed by atoms with Gasteiger partial charge in [0, 0.05) is 13.0 Å². The number of carbonyl (C=O) groups excluding carboxylic acids is 1. The first kappa shape index (κ1) is 22.4. The summed E-state index contributed by atoms with van der Waals surface area (Å²) in [7, 11) is -3.96. The molecule has 0 aromatic heterocycles. The van der Waals surface area contributed by atoms with Gasteiger partial charge in [0.15, 0.2) is 5.78 Å². The smallest absolute Gasteiger partial charge is 0.264 e. The molecule has 4 rings (SSSR count). The Morgan fingerprint density at radius 1 is 0.969 bits per heavy atom. The summed E-state index contributed by atoms with van der Waals surface area (Å²) in [5.74, 6) is -3.11. The number of Topliss-reactive ketones (excluding diaryl/α,β-unsaturated/α-hetero) is 1. The number of fused-ring (bicyclic) bond motifs is 1. The third kappa shape index (κ3) is 4.12. The molecule has 0 N–H and O–H groups in total. The predicted molar refractivity (Wildman–Crippen MR) is 115 cm³/mol. The maximum atomic E-state index is 14.1. The summed E-state index contributed by atoms with van der Waals surface area (Å²) in [5.41, 5.74) is 1.06. The molecule has 32 heavy (non-hydrogen) atoms. The van der Waals surface area contributed by atoms with E-state index in [2.05, 4.69) is 0 Å². The van der Waals surface area contributed by atoms with Crippen molar-refractivity contribution in [1.82, 2.24) is 0 Å². The molecule has 0 atom stereocenters. The topological polar surface area (TPSA) is 54.5 Å². The molecule has 3 aromatic carbocycles. The molecule has 1 aliphatic heterocycles. The lowest BCUT2D eigenvalue weighted by Gasteiger charge is -2.31. The molecule has 0 spiro atoms. The highest BCUT2D eigenvalue weighted by molar-refractivity contribution is 7.92. The van der Waals surface area contributed by atoms with Crippen molar-refractivity contribution in [3.05, 3.63) is 93.8 Å². The van der Waals surface area contributed by atoms with E-state index in [9.17, 15) is 26.4 Å². The van der Waals surface area contributed by atoms with Gasteiger partial charge in [0.25, 0.3) is 10.0 Å². The number of rotatable bonds is 5. The van der Waals surface area contributed by atoms with Gasteiger partial charge < -0.3 is 0 Å². The van der Waals surface area contributed by atoms with Gasteiger partial charge in [-0.2, -0.15) is 0 Å². The van der Waals surface area contributed by atoms with Crippen LogP contribution in [0.15, 0.2) is 59.5 Å². The van der Waals surface area contributed by atoms with Gasteiger partial charge in [0.2, 0.25) is 0 Å². The lowest BCUT2D eigenvalue weighted by molar-refractivity contribution is 0.0989. The summed E-state index contributed by atoms with van der Waals surface area (Å²) in [6.07, 6.45) is 0.941. The number of hydrogen-bond donors (Lipinski definition) is 0. The molecule has 0 radical (unpaired) electrons. The van der Waals surface area contributed by atoms with E-state index >= 15 is 0 Å². The Hall–Kier alpha value is -2.84. The highest BCUT2D eigenvalue weighted by Gasteiger charge is 2.30. The van der Waals surface area contributed by atoms with E-state index in [4.69, 9.17) is 11.6 Å². The molecule has 0 saturated carbocycles. The van der Waals surface area contributed by atoms with E-state index in [-0.39, 0.29) is 17.9 Å². The molecule has 4 nitrogen and oxygen atoms in total. The summed E-state index contributed by atoms with van der Waals surface area (Å²) in [6, 6.07) is 11.1. The van der Waals surface area contributed by atoms with Crippen LogP contribution in [0, 0.1) is 17.5 Å². The molecule has 0 bridgehead atoms. The molecule has 166 valence electrons. The van der Waals surface area contributed by atoms with Crippen LogP contribution in [0.4, 0.5) is 18.9 Å². The lowest BCUT2D eigenvalue weighted by atomic mass is 9.97. The fourth-order valence-electron chi connectivity index (χ4n) is 3.74. The van der Waals surface area contributed by atoms with Crippen molar-refractivity contribution >= 4 is 33.1 Å². The van der Waals surface area contributed by atoms with Gasteiger partial charge in [-0.05, 0) is 66.4 Å². The summed E-state index contributed by atoms with van der Waals surface area (Å²) in [4.78, 5) is 12.6. The highest BCUT2D eigenvalue weighted by Crippen LogP contribution is 2.33. The van der Waals surface area contributed by atoms with Crippen LogP contribution < -0.4 is 4.31 Å². The molecular weight excluding hydrogens is 463 g/mol. The minimum atomic E-state index is -3.96. The first-order valence-corrected chi connectivity index (χ1v) is 11.6. The quantitative estimate of drug-likeness (QED) is 0.367. The van der Waals surface area contributed by atoms with E-state index in [0.29, 0.717) is 24.1 Å². The van der Waals surface area contributed by atoms with Crippen LogP contribution in [0.1, 0.15) is 27.9 Å². The zero-order chi connectivity index (χ0) is 23.0. The van der Waals surface area contributed by atoms with E-state index in [0.717, 1.165) is 29.8 Å². The number of sulfonamides is 1. The Labute approximate surface area is 188 Å². The standard InChI is InChI=1S/C23H17ClF3NO3S/c24-23-19(27)10-9-18(26)22(23)21(29)13-14-3-4-15-2-1-11-28(20(15)12-14)32(30,31)17-7-5-16(25)6-8-17/h3-10,12H,1-2,11,13H2. The molecule has 3 aromatic rings. The minimum absolute atomic E-state index is 0.0538. The van der Waals surface area contributed by atoms with Crippen molar-refractivity contribution in [3.63, 3.8) is 0 Å². The monoisotopic (exact) mass is 479 g/mol. The molecule has 1 heterocycles. The largest absolute Gasteiger partial charge is 0.294 e. The van der Waals surface area contributed by atoms with E-state index in [1.54, 1.807) is 18.2 Å². The first-order valence-electron chi connectivity index (χ1n) is 9.75. The minimum Gasteiger partial charge on any atom is -0.294 e. The van der Waals surface area contributed by atoms with Crippen LogP contribution in [-0.2, 0) is 22.9 Å². The molecule has 0 fully saturated rings. The van der Waals surface area contributed by atoms with E-state index in [1.807, 2.05) is 0 Å². The summed E-state index contributed by atoms with van der Waals surface area (Å²) < 4.78 is 68.6. The summed E-state index contributed by atoms with van der Waals surface area (Å²) in [6.45, 7) is 0.217. The van der Waals surface area contributed by atoms with Crippen molar-refractivity contribution in [1.29, 1.82) is 0 Å². The Morgan fingerprint density at radius 3 is 2.38 bits per heavy atom. The number of ketones is 1. The van der Waals surface area contributed by atoms with Crippen molar-refractivity contribution in [2.45, 2.75) is 24.2 Å². The van der Waals surface area contributed by atoms with E-state index in [1.165, 1.54) is 16.4 Å². The average molecular weight is 480 g/mol. The molecule has 0 aliphatic carbocycles. The third-order valence-corrected chi connectivity index (χ3v) is 7.51. The fourth-order valence-corrected chi connectivity index (χ4v) is 5.53. The number of hydrogen-bond acceptors (Lipinski definition) is 3. The second-order valence-corrected chi connectivity index (χ2v) is 9.66. The number of halogens is 4. The van der Waals surface area contributed by atoms with Crippen molar-refractivity contribution in [2.75, 3.05) is 10.8 Å². The van der Waals surface area contributed by atoms with Gasteiger partial charge in [0.1, 0.15) is 17.5 Å². The van der Waals surface area contributed by atoms with E-state index < -0.39 is 43.8 Å². The van der Waals surface area contributed by atoms with Gasteiger partial charge in [0.05, 0.1) is 21.2 Å². The van der Waals surface area contributed by atoms with Gasteiger partial charge in [-0.1, -0.05) is 23.7 Å². The maximum absolute atomic E-state index is 14.1. The molecule has 0 amide bonds. The van der Waals surface area contributed by atoms with Crippen molar-refractivity contribution in [2.24, 2.45) is 0 Å². The molecule has 9 heteroatoms. The van der Waals surface area contributed by atoms with Crippen LogP contribution in [0.2, 0.25) is 5.02 Å². The van der Waals surface area contributed by atoms with Gasteiger partial charge in [-0.15, -0.1) is 0 Å². The lowest BCUT2D eigenvalue weighted by Crippen LogP contribution is -2.35. The second-order valence-electron chi connectivity index (χ2n) is 7.42. The highest BCUT2D eigenvalue weighted by atomic mass is 35.5. The number of anilines is 1. The molecule has 0 unspecified atom stereocenters. The van der Waals surface area contributed by atoms with Crippen molar-refractivity contribution < 1.29 is 26.4 Å². The number of carbonyl (C=O) groups is 1. The Kier molecular flexibility index (Phi) is 6.01. The average Bonchev–Trinajstić information content (AvgIpc) is 2.76. The Bertz CT molecular complexity index is 1310. The van der Waals surface area contributed by atoms with Crippen LogP contribution in [-0.4, -0.2) is 20.7 Å². The normalized spacial score (nSPS) is 13.7. The Balaban J connectivity index is 1.69. The van der Waals surface area contributed by atoms with Crippen LogP contribution in [0.25, 0.3) is 0 Å². The zero-order valence-corrected chi connectivity index (χ0v) is 18.2. The number of nitrogens with zero attached hydrogens (tertiary/aromatic N) is 1. The number of benzene rings is 3. The van der Waals surface area contributed by atoms with Gasteiger partial charge in [-0.3, -0.25) is 9.10 Å². The maximum Gasteiger partial charge on any atom is 0.264 e. The van der Waals surface area contributed by atoms with Crippen LogP contribution in [0.3, 0.4) is 0 Å². The summed E-state index contributed by atoms with van der Waals surface area (Å²) >= 11 is 5.79. The first-order chi connectivity index (χ1) is 15.2. The molecule has 1 aliphatic rings. The third-order valence-electron chi connectivity index (χ3n) is 5.31. The SMILES string of the molecule is O=C(Cc1ccc2c(c1)N(S(=O)(=O)c1ccc(F)cc1)CCC2)c1c(F)ccc(F)c1Cl. The van der Waals surface area contributed by atoms with Gasteiger partial charge >= 0.3 is 0 Å². The second kappa shape index (κ2) is 8.60. The Morgan fingerprint density at radius 2 is 1.66 bits per heavy atom. The van der Waals surface area contributed by atoms with Crippen molar-refractivity contribution in [3.8, 4) is 0 Å².